The number of benzene rings is 1. The van der Waals surface area contributed by atoms with Crippen LogP contribution in [0.3, 0.4) is 0 Å². The summed E-state index contributed by atoms with van der Waals surface area (Å²) in [6, 6.07) is 4.26. The molecule has 0 radical (unpaired) electrons. The molecular formula is C15H17N3O4. The first-order chi connectivity index (χ1) is 10.6. The zero-order valence-corrected chi connectivity index (χ0v) is 12.4. The second-order valence-electron chi connectivity index (χ2n) is 5.28. The fraction of sp³-hybridized carbons (Fsp3) is 0.400. The number of ether oxygens (including phenoxy) is 1. The lowest BCUT2D eigenvalue weighted by Gasteiger charge is -2.32. The molecule has 3 amide bonds. The van der Waals surface area contributed by atoms with E-state index in [2.05, 4.69) is 10.6 Å². The van der Waals surface area contributed by atoms with Crippen LogP contribution < -0.4 is 10.6 Å². The maximum atomic E-state index is 12.6. The van der Waals surface area contributed by atoms with Gasteiger partial charge < -0.3 is 15.4 Å². The first-order valence-electron chi connectivity index (χ1n) is 7.10. The Morgan fingerprint density at radius 3 is 2.64 bits per heavy atom. The second-order valence-corrected chi connectivity index (χ2v) is 5.28. The van der Waals surface area contributed by atoms with Crippen molar-refractivity contribution >= 4 is 23.4 Å². The molecule has 2 unspecified atom stereocenters. The topological polar surface area (TPSA) is 87.7 Å². The Balaban J connectivity index is 1.93. The first kappa shape index (κ1) is 14.5. The van der Waals surface area contributed by atoms with E-state index in [1.54, 1.807) is 25.2 Å². The number of fused-ring (bicyclic) bond motifs is 1. The Kier molecular flexibility index (Phi) is 3.58. The third-order valence-electron chi connectivity index (χ3n) is 4.12. The number of anilines is 1. The fourth-order valence-electron chi connectivity index (χ4n) is 2.99. The average Bonchev–Trinajstić information content (AvgIpc) is 2.79. The van der Waals surface area contributed by atoms with Crippen LogP contribution in [0, 0.1) is 0 Å². The van der Waals surface area contributed by atoms with E-state index >= 15 is 0 Å². The summed E-state index contributed by atoms with van der Waals surface area (Å²) in [5, 5.41) is 5.58. The minimum Gasteiger partial charge on any atom is -0.387 e. The summed E-state index contributed by atoms with van der Waals surface area (Å²) < 4.78 is 5.09. The summed E-state index contributed by atoms with van der Waals surface area (Å²) in [6.45, 7) is 0. The molecule has 0 spiro atoms. The Hall–Kier alpha value is -2.41. The van der Waals surface area contributed by atoms with Gasteiger partial charge in [0.05, 0.1) is 11.1 Å². The van der Waals surface area contributed by atoms with E-state index < -0.39 is 17.9 Å². The smallest absolute Gasteiger partial charge is 0.264 e. The molecule has 7 nitrogen and oxygen atoms in total. The molecule has 7 heteroatoms. The molecule has 0 aliphatic carbocycles. The van der Waals surface area contributed by atoms with Crippen molar-refractivity contribution in [1.29, 1.82) is 0 Å². The van der Waals surface area contributed by atoms with Crippen molar-refractivity contribution in [2.24, 2.45) is 0 Å². The number of carbonyl (C=O) groups is 3. The van der Waals surface area contributed by atoms with Crippen LogP contribution in [-0.2, 0) is 9.53 Å². The van der Waals surface area contributed by atoms with Gasteiger partial charge in [-0.25, -0.2) is 0 Å². The summed E-state index contributed by atoms with van der Waals surface area (Å²) in [5.41, 5.74) is 1.25. The number of piperidine rings is 1. The lowest BCUT2D eigenvalue weighted by Crippen LogP contribution is -2.56. The predicted octanol–water partition coefficient (Wildman–Crippen LogP) is 0.575. The van der Waals surface area contributed by atoms with E-state index in [4.69, 9.17) is 4.74 Å². The Morgan fingerprint density at radius 1 is 1.23 bits per heavy atom. The molecule has 2 N–H and O–H groups in total. The Morgan fingerprint density at radius 2 is 2.00 bits per heavy atom. The molecule has 2 atom stereocenters. The highest BCUT2D eigenvalue weighted by atomic mass is 16.5. The molecule has 1 saturated heterocycles. The van der Waals surface area contributed by atoms with E-state index in [1.165, 1.54) is 7.11 Å². The number of nitrogens with one attached hydrogen (secondary N) is 2. The van der Waals surface area contributed by atoms with Gasteiger partial charge in [0.25, 0.3) is 11.8 Å². The molecule has 3 rings (SSSR count). The number of methoxy groups -OCH3 is 1. The molecule has 1 fully saturated rings. The van der Waals surface area contributed by atoms with E-state index in [1.807, 2.05) is 0 Å². The quantitative estimate of drug-likeness (QED) is 0.797. The van der Waals surface area contributed by atoms with Crippen molar-refractivity contribution in [2.45, 2.75) is 25.1 Å². The van der Waals surface area contributed by atoms with Crippen molar-refractivity contribution in [2.75, 3.05) is 19.5 Å². The highest BCUT2D eigenvalue weighted by molar-refractivity contribution is 6.25. The number of amides is 3. The van der Waals surface area contributed by atoms with Gasteiger partial charge in [-0.1, -0.05) is 6.07 Å². The lowest BCUT2D eigenvalue weighted by atomic mass is 10.0. The normalized spacial score (nSPS) is 24.3. The van der Waals surface area contributed by atoms with Crippen LogP contribution in [-0.4, -0.2) is 49.0 Å². The van der Waals surface area contributed by atoms with Crippen LogP contribution >= 0.6 is 0 Å². The molecule has 116 valence electrons. The number of hydrogen-bond donors (Lipinski definition) is 2. The maximum Gasteiger partial charge on any atom is 0.264 e. The standard InChI is InChI=1S/C15H17N3O4/c1-16-9-5-3-4-8-12(9)15(21)18(14(8)20)10-6-7-11(22-2)17-13(10)19/h3-5,10-11,16H,6-7H2,1-2H3,(H,17,19). The van der Waals surface area contributed by atoms with E-state index in [0.717, 1.165) is 4.90 Å². The monoisotopic (exact) mass is 303 g/mol. The van der Waals surface area contributed by atoms with Crippen LogP contribution in [0.4, 0.5) is 5.69 Å². The number of rotatable bonds is 3. The fourth-order valence-corrected chi connectivity index (χ4v) is 2.99. The molecule has 2 heterocycles. The van der Waals surface area contributed by atoms with Crippen LogP contribution in [0.2, 0.25) is 0 Å². The van der Waals surface area contributed by atoms with Gasteiger partial charge in [0, 0.05) is 19.8 Å². The highest BCUT2D eigenvalue weighted by Gasteiger charge is 2.45. The van der Waals surface area contributed by atoms with E-state index in [-0.39, 0.29) is 12.1 Å². The molecule has 22 heavy (non-hydrogen) atoms. The van der Waals surface area contributed by atoms with Gasteiger partial charge in [0.2, 0.25) is 5.91 Å². The third-order valence-corrected chi connectivity index (χ3v) is 4.12. The molecule has 2 aliphatic rings. The number of nitrogens with zero attached hydrogens (tertiary/aromatic N) is 1. The number of carbonyl (C=O) groups excluding carboxylic acids is 3. The largest absolute Gasteiger partial charge is 0.387 e. The molecule has 0 bridgehead atoms. The van der Waals surface area contributed by atoms with E-state index in [0.29, 0.717) is 29.7 Å². The number of imide groups is 1. The van der Waals surface area contributed by atoms with Crippen LogP contribution in [0.5, 0.6) is 0 Å². The summed E-state index contributed by atoms with van der Waals surface area (Å²) >= 11 is 0. The molecule has 0 aromatic heterocycles. The molecular weight excluding hydrogens is 286 g/mol. The second kappa shape index (κ2) is 5.42. The van der Waals surface area contributed by atoms with Crippen molar-refractivity contribution < 1.29 is 19.1 Å². The summed E-state index contributed by atoms with van der Waals surface area (Å²) in [5.74, 6) is -1.22. The first-order valence-corrected chi connectivity index (χ1v) is 7.10. The van der Waals surface area contributed by atoms with Gasteiger partial charge in [0.15, 0.2) is 0 Å². The zero-order chi connectivity index (χ0) is 15.9. The maximum absolute atomic E-state index is 12.6. The van der Waals surface area contributed by atoms with Gasteiger partial charge in [-0.3, -0.25) is 19.3 Å². The molecule has 1 aromatic carbocycles. The van der Waals surface area contributed by atoms with Crippen molar-refractivity contribution in [3.8, 4) is 0 Å². The van der Waals surface area contributed by atoms with Crippen LogP contribution in [0.25, 0.3) is 0 Å². The Labute approximate surface area is 127 Å². The van der Waals surface area contributed by atoms with Gasteiger partial charge in [0.1, 0.15) is 12.3 Å². The summed E-state index contributed by atoms with van der Waals surface area (Å²) in [4.78, 5) is 38.4. The van der Waals surface area contributed by atoms with Gasteiger partial charge >= 0.3 is 0 Å². The summed E-state index contributed by atoms with van der Waals surface area (Å²) in [6.07, 6.45) is 0.580. The van der Waals surface area contributed by atoms with Crippen LogP contribution in [0.15, 0.2) is 18.2 Å². The minimum atomic E-state index is -0.788. The predicted molar refractivity (Wildman–Crippen MR) is 78.5 cm³/mol. The highest BCUT2D eigenvalue weighted by Crippen LogP contribution is 2.32. The van der Waals surface area contributed by atoms with Gasteiger partial charge in [-0.05, 0) is 25.0 Å². The SMILES string of the molecule is CNc1cccc2c1C(=O)N(C1CCC(OC)NC1=O)C2=O. The lowest BCUT2D eigenvalue weighted by molar-refractivity contribution is -0.132. The van der Waals surface area contributed by atoms with E-state index in [9.17, 15) is 14.4 Å². The van der Waals surface area contributed by atoms with Crippen molar-refractivity contribution in [1.82, 2.24) is 10.2 Å². The summed E-state index contributed by atoms with van der Waals surface area (Å²) in [7, 11) is 3.19. The average molecular weight is 303 g/mol. The van der Waals surface area contributed by atoms with Crippen LogP contribution in [0.1, 0.15) is 33.6 Å². The van der Waals surface area contributed by atoms with Crippen molar-refractivity contribution in [3.05, 3.63) is 29.3 Å². The molecule has 1 aromatic rings. The minimum absolute atomic E-state index is 0.330. The molecule has 0 saturated carbocycles. The molecule has 2 aliphatic heterocycles. The van der Waals surface area contributed by atoms with Gasteiger partial charge in [-0.15, -0.1) is 0 Å². The van der Waals surface area contributed by atoms with Gasteiger partial charge in [-0.2, -0.15) is 0 Å². The number of hydrogen-bond acceptors (Lipinski definition) is 5. The Bertz CT molecular complexity index is 658. The zero-order valence-electron chi connectivity index (χ0n) is 12.4. The van der Waals surface area contributed by atoms with Crippen molar-refractivity contribution in [3.63, 3.8) is 0 Å². The third kappa shape index (κ3) is 2.05.